The van der Waals surface area contributed by atoms with Crippen LogP contribution in [-0.2, 0) is 10.8 Å². The molecule has 53 heavy (non-hydrogen) atoms. The molecular weight excluding hydrogens is 639 g/mol. The lowest BCUT2D eigenvalue weighted by molar-refractivity contribution is 0.666. The molecule has 0 atom stereocenters. The Balaban J connectivity index is 1.38. The monoisotopic (exact) mass is 677 g/mol. The van der Waals surface area contributed by atoms with Crippen LogP contribution in [0.25, 0.3) is 65.3 Å². The number of nitrogens with zero attached hydrogens (tertiary/aromatic N) is 1. The summed E-state index contributed by atoms with van der Waals surface area (Å²) in [6, 6.07) is 61.5. The van der Waals surface area contributed by atoms with Gasteiger partial charge in [0, 0.05) is 27.3 Å². The number of hydrogen-bond acceptors (Lipinski definition) is 1. The largest absolute Gasteiger partial charge is 0.309 e. The summed E-state index contributed by atoms with van der Waals surface area (Å²) in [5, 5.41) is 10.2. The minimum Gasteiger partial charge on any atom is -0.309 e. The van der Waals surface area contributed by atoms with E-state index < -0.39 is 0 Å². The topological polar surface area (TPSA) is 3.24 Å². The van der Waals surface area contributed by atoms with Crippen LogP contribution in [0.3, 0.4) is 0 Å². The van der Waals surface area contributed by atoms with Crippen molar-refractivity contribution in [3.8, 4) is 22.3 Å². The summed E-state index contributed by atoms with van der Waals surface area (Å²) in [5.41, 5.74) is 14.1. The van der Waals surface area contributed by atoms with Crippen molar-refractivity contribution in [3.63, 3.8) is 0 Å². The third kappa shape index (κ3) is 4.03. The summed E-state index contributed by atoms with van der Waals surface area (Å²) < 4.78 is 0. The van der Waals surface area contributed by atoms with E-state index in [1.54, 1.807) is 0 Å². The molecule has 252 valence electrons. The van der Waals surface area contributed by atoms with Gasteiger partial charge in [0.2, 0.25) is 0 Å². The quantitative estimate of drug-likeness (QED) is 0.168. The second-order valence-electron chi connectivity index (χ2n) is 16.1. The molecule has 0 amide bonds. The van der Waals surface area contributed by atoms with Gasteiger partial charge in [-0.05, 0) is 89.3 Å². The van der Waals surface area contributed by atoms with E-state index in [2.05, 4.69) is 196 Å². The second kappa shape index (κ2) is 10.7. The molecule has 9 aromatic carbocycles. The zero-order valence-corrected chi connectivity index (χ0v) is 30.5. The summed E-state index contributed by atoms with van der Waals surface area (Å²) in [6.45, 7) is 9.65. The van der Waals surface area contributed by atoms with Gasteiger partial charge < -0.3 is 4.90 Å². The van der Waals surface area contributed by atoms with E-state index in [-0.39, 0.29) is 10.8 Å². The molecule has 1 heteroatoms. The van der Waals surface area contributed by atoms with E-state index in [4.69, 9.17) is 0 Å². The molecule has 0 bridgehead atoms. The highest BCUT2D eigenvalue weighted by Gasteiger charge is 2.43. The lowest BCUT2D eigenvalue weighted by Gasteiger charge is -2.33. The molecule has 0 radical (unpaired) electrons. The van der Waals surface area contributed by atoms with E-state index >= 15 is 0 Å². The molecule has 0 heterocycles. The number of benzene rings is 9. The number of fused-ring (bicyclic) bond motifs is 13. The van der Waals surface area contributed by atoms with Crippen LogP contribution in [0.4, 0.5) is 17.1 Å². The van der Waals surface area contributed by atoms with Crippen molar-refractivity contribution in [2.75, 3.05) is 4.90 Å². The molecule has 0 unspecified atom stereocenters. The average Bonchev–Trinajstić information content (AvgIpc) is 3.59. The smallest absolute Gasteiger partial charge is 0.0550 e. The summed E-state index contributed by atoms with van der Waals surface area (Å²) in [4.78, 5) is 2.65. The van der Waals surface area contributed by atoms with Crippen LogP contribution >= 0.6 is 0 Å². The van der Waals surface area contributed by atoms with E-state index in [0.29, 0.717) is 0 Å². The molecule has 11 rings (SSSR count). The maximum absolute atomic E-state index is 2.65. The summed E-state index contributed by atoms with van der Waals surface area (Å²) in [7, 11) is 0. The molecule has 2 aliphatic rings. The maximum atomic E-state index is 2.65. The number of anilines is 3. The molecule has 0 aromatic heterocycles. The van der Waals surface area contributed by atoms with Crippen molar-refractivity contribution in [1.82, 2.24) is 0 Å². The van der Waals surface area contributed by atoms with E-state index in [0.717, 1.165) is 0 Å². The Labute approximate surface area is 310 Å². The first-order chi connectivity index (χ1) is 25.8. The van der Waals surface area contributed by atoms with Crippen LogP contribution in [0.5, 0.6) is 0 Å². The van der Waals surface area contributed by atoms with Crippen LogP contribution in [0.15, 0.2) is 164 Å². The van der Waals surface area contributed by atoms with Gasteiger partial charge in [-0.2, -0.15) is 0 Å². The molecule has 0 aliphatic heterocycles. The van der Waals surface area contributed by atoms with Gasteiger partial charge in [0.25, 0.3) is 0 Å². The fraction of sp³-hybridized carbons (Fsp3) is 0.115. The summed E-state index contributed by atoms with van der Waals surface area (Å²) in [5.74, 6) is 0. The normalized spacial score (nSPS) is 14.7. The third-order valence-electron chi connectivity index (χ3n) is 12.5. The van der Waals surface area contributed by atoms with Gasteiger partial charge in [-0.1, -0.05) is 173 Å². The predicted octanol–water partition coefficient (Wildman–Crippen LogP) is 14.4. The Morgan fingerprint density at radius 3 is 1.21 bits per heavy atom. The molecule has 2 aliphatic carbocycles. The first-order valence-corrected chi connectivity index (χ1v) is 18.9. The van der Waals surface area contributed by atoms with Gasteiger partial charge in [0.15, 0.2) is 0 Å². The lowest BCUT2D eigenvalue weighted by Crippen LogP contribution is -2.18. The molecule has 0 fully saturated rings. The molecule has 0 saturated heterocycles. The van der Waals surface area contributed by atoms with Crippen LogP contribution in [0.1, 0.15) is 49.9 Å². The molecule has 1 nitrogen and oxygen atoms in total. The molecule has 0 N–H and O–H groups in total. The maximum Gasteiger partial charge on any atom is 0.0550 e. The Morgan fingerprint density at radius 1 is 0.340 bits per heavy atom. The zero-order chi connectivity index (χ0) is 35.6. The van der Waals surface area contributed by atoms with Gasteiger partial charge >= 0.3 is 0 Å². The number of rotatable bonds is 3. The zero-order valence-electron chi connectivity index (χ0n) is 30.5. The minimum absolute atomic E-state index is 0.182. The standard InChI is InChI=1S/C52H39N/c1-51(2)42-27-15-13-25-40(42)47-45(30-33-18-6-9-21-36(33)49(47)51)53(44-29-32-17-5-8-20-35(32)38-23-11-12-24-39(38)44)46-31-34-19-7-10-22-37(34)50-48(46)41-26-14-16-28-43(41)52(50,3)4/h5-31H,1-4H3. The highest BCUT2D eigenvalue weighted by atomic mass is 15.2. The van der Waals surface area contributed by atoms with E-state index in [1.807, 2.05) is 0 Å². The van der Waals surface area contributed by atoms with Crippen molar-refractivity contribution in [2.24, 2.45) is 0 Å². The van der Waals surface area contributed by atoms with Gasteiger partial charge in [-0.3, -0.25) is 0 Å². The third-order valence-corrected chi connectivity index (χ3v) is 12.5. The van der Waals surface area contributed by atoms with Crippen LogP contribution in [0, 0.1) is 0 Å². The molecule has 0 saturated carbocycles. The van der Waals surface area contributed by atoms with Crippen molar-refractivity contribution in [2.45, 2.75) is 38.5 Å². The van der Waals surface area contributed by atoms with E-state index in [9.17, 15) is 0 Å². The Morgan fingerprint density at radius 2 is 0.698 bits per heavy atom. The van der Waals surface area contributed by atoms with Crippen molar-refractivity contribution in [1.29, 1.82) is 0 Å². The van der Waals surface area contributed by atoms with Gasteiger partial charge in [0.1, 0.15) is 0 Å². The van der Waals surface area contributed by atoms with Gasteiger partial charge in [-0.15, -0.1) is 0 Å². The highest BCUT2D eigenvalue weighted by molar-refractivity contribution is 6.18. The lowest BCUT2D eigenvalue weighted by atomic mass is 9.79. The van der Waals surface area contributed by atoms with Crippen molar-refractivity contribution in [3.05, 3.63) is 186 Å². The van der Waals surface area contributed by atoms with Crippen molar-refractivity contribution < 1.29 is 0 Å². The van der Waals surface area contributed by atoms with Crippen LogP contribution < -0.4 is 4.90 Å². The first kappa shape index (κ1) is 30.4. The Hall–Kier alpha value is -6.18. The second-order valence-corrected chi connectivity index (χ2v) is 16.1. The van der Waals surface area contributed by atoms with Crippen LogP contribution in [0.2, 0.25) is 0 Å². The van der Waals surface area contributed by atoms with Crippen LogP contribution in [-0.4, -0.2) is 0 Å². The molecule has 0 spiro atoms. The minimum atomic E-state index is -0.182. The highest BCUT2D eigenvalue weighted by Crippen LogP contribution is 2.61. The first-order valence-electron chi connectivity index (χ1n) is 18.9. The Bertz CT molecular complexity index is 2870. The van der Waals surface area contributed by atoms with Gasteiger partial charge in [0.05, 0.1) is 17.1 Å². The molecular formula is C52H39N. The number of hydrogen-bond donors (Lipinski definition) is 0. The fourth-order valence-electron chi connectivity index (χ4n) is 10.2. The molecule has 9 aromatic rings. The fourth-order valence-corrected chi connectivity index (χ4v) is 10.2. The van der Waals surface area contributed by atoms with Gasteiger partial charge in [-0.25, -0.2) is 0 Å². The van der Waals surface area contributed by atoms with E-state index in [1.165, 1.54) is 105 Å². The average molecular weight is 678 g/mol. The Kier molecular flexibility index (Phi) is 6.14. The predicted molar refractivity (Wildman–Crippen MR) is 226 cm³/mol. The summed E-state index contributed by atoms with van der Waals surface area (Å²) >= 11 is 0. The summed E-state index contributed by atoms with van der Waals surface area (Å²) in [6.07, 6.45) is 0. The van der Waals surface area contributed by atoms with Crippen molar-refractivity contribution >= 4 is 60.2 Å². The SMILES string of the molecule is CC1(C)c2ccccc2-c2c(N(c3cc4ccccc4c4c3-c3ccccc3C4(C)C)c3cc4ccccc4c4ccccc34)cc3ccccc3c21.